The van der Waals surface area contributed by atoms with Crippen LogP contribution in [0.4, 0.5) is 5.69 Å². The number of halogens is 1. The largest absolute Gasteiger partial charge is 0.330 e. The second kappa shape index (κ2) is 7.81. The maximum Gasteiger partial charge on any atom is 0.230 e. The molecule has 1 aliphatic rings. The minimum Gasteiger partial charge on any atom is -0.330 e. The van der Waals surface area contributed by atoms with Crippen molar-refractivity contribution in [2.24, 2.45) is 17.6 Å². The number of carbonyl (C=O) groups excluding carboxylic acids is 1. The first-order valence-corrected chi connectivity index (χ1v) is 7.62. The van der Waals surface area contributed by atoms with E-state index in [4.69, 9.17) is 5.73 Å². The molecule has 0 saturated heterocycles. The summed E-state index contributed by atoms with van der Waals surface area (Å²) >= 11 is 0. The van der Waals surface area contributed by atoms with Gasteiger partial charge in [0.05, 0.1) is 0 Å². The molecule has 2 atom stereocenters. The van der Waals surface area contributed by atoms with Crippen LogP contribution in [0.5, 0.6) is 0 Å². The average molecular weight is 311 g/mol. The molecule has 3 nitrogen and oxygen atoms in total. The molecule has 4 heteroatoms. The first kappa shape index (κ1) is 18.0. The molecule has 0 bridgehead atoms. The summed E-state index contributed by atoms with van der Waals surface area (Å²) in [5.41, 5.74) is 8.05. The lowest BCUT2D eigenvalue weighted by molar-refractivity contribution is -0.123. The molecule has 0 aliphatic heterocycles. The number of anilines is 1. The van der Waals surface area contributed by atoms with E-state index in [2.05, 4.69) is 26.0 Å². The number of hydrogen-bond acceptors (Lipinski definition) is 2. The second-order valence-electron chi connectivity index (χ2n) is 6.18. The van der Waals surface area contributed by atoms with E-state index < -0.39 is 0 Å². The average Bonchev–Trinajstić information content (AvgIpc) is 2.94. The molecule has 0 heterocycles. The fourth-order valence-electron chi connectivity index (χ4n) is 3.11. The normalized spacial score (nSPS) is 21.2. The Kier molecular flexibility index (Phi) is 6.69. The first-order valence-electron chi connectivity index (χ1n) is 7.62. The molecule has 1 aromatic carbocycles. The summed E-state index contributed by atoms with van der Waals surface area (Å²) in [7, 11) is 1.88. The van der Waals surface area contributed by atoms with Gasteiger partial charge in [-0.05, 0) is 48.9 Å². The van der Waals surface area contributed by atoms with Crippen LogP contribution in [-0.2, 0) is 4.79 Å². The van der Waals surface area contributed by atoms with Crippen molar-refractivity contribution in [1.29, 1.82) is 0 Å². The monoisotopic (exact) mass is 310 g/mol. The minimum absolute atomic E-state index is 0. The minimum atomic E-state index is 0. The molecule has 1 amide bonds. The van der Waals surface area contributed by atoms with Gasteiger partial charge in [0, 0.05) is 18.7 Å². The Hall–Kier alpha value is -1.06. The van der Waals surface area contributed by atoms with E-state index >= 15 is 0 Å². The van der Waals surface area contributed by atoms with Gasteiger partial charge in [-0.3, -0.25) is 4.79 Å². The molecule has 1 aromatic rings. The summed E-state index contributed by atoms with van der Waals surface area (Å²) < 4.78 is 0. The summed E-state index contributed by atoms with van der Waals surface area (Å²) in [6.45, 7) is 4.96. The van der Waals surface area contributed by atoms with Crippen molar-refractivity contribution in [2.75, 3.05) is 18.5 Å². The predicted octanol–water partition coefficient (Wildman–Crippen LogP) is 3.57. The summed E-state index contributed by atoms with van der Waals surface area (Å²) in [5.74, 6) is 1.16. The third-order valence-corrected chi connectivity index (χ3v) is 4.53. The Balaban J connectivity index is 0.00000220. The van der Waals surface area contributed by atoms with Gasteiger partial charge in [-0.1, -0.05) is 32.4 Å². The quantitative estimate of drug-likeness (QED) is 0.924. The lowest BCUT2D eigenvalue weighted by Crippen LogP contribution is -2.36. The molecular weight excluding hydrogens is 284 g/mol. The third kappa shape index (κ3) is 3.98. The maximum atomic E-state index is 12.7. The van der Waals surface area contributed by atoms with Gasteiger partial charge in [-0.25, -0.2) is 0 Å². The molecule has 2 N–H and O–H groups in total. The lowest BCUT2D eigenvalue weighted by atomic mass is 9.94. The molecule has 0 spiro atoms. The zero-order chi connectivity index (χ0) is 14.7. The third-order valence-electron chi connectivity index (χ3n) is 4.53. The number of benzene rings is 1. The molecule has 1 aliphatic carbocycles. The fraction of sp³-hybridized carbons (Fsp3) is 0.588. The van der Waals surface area contributed by atoms with Crippen LogP contribution in [0, 0.1) is 11.8 Å². The van der Waals surface area contributed by atoms with Crippen molar-refractivity contribution in [3.05, 3.63) is 29.8 Å². The Bertz CT molecular complexity index is 476. The maximum absolute atomic E-state index is 12.7. The number of carbonyl (C=O) groups is 1. The standard InChI is InChI=1S/C17H26N2O.ClH/c1-12(2)13-6-4-8-15(10-13)19(3)17(20)16-9-5-7-14(16)11-18;/h4,6,8,10,12,14,16H,5,7,9,11,18H2,1-3H3;1H/t14-,16-;/m1./s1. The highest BCUT2D eigenvalue weighted by molar-refractivity contribution is 5.95. The van der Waals surface area contributed by atoms with Crippen molar-refractivity contribution in [3.63, 3.8) is 0 Å². The highest BCUT2D eigenvalue weighted by Gasteiger charge is 2.34. The van der Waals surface area contributed by atoms with Crippen LogP contribution in [0.2, 0.25) is 0 Å². The van der Waals surface area contributed by atoms with Crippen molar-refractivity contribution >= 4 is 24.0 Å². The number of rotatable bonds is 4. The Morgan fingerprint density at radius 2 is 2.10 bits per heavy atom. The summed E-state index contributed by atoms with van der Waals surface area (Å²) in [5, 5.41) is 0. The van der Waals surface area contributed by atoms with Gasteiger partial charge in [0.1, 0.15) is 0 Å². The van der Waals surface area contributed by atoms with E-state index in [1.807, 2.05) is 24.1 Å². The van der Waals surface area contributed by atoms with Gasteiger partial charge in [0.25, 0.3) is 0 Å². The van der Waals surface area contributed by atoms with Crippen LogP contribution in [0.3, 0.4) is 0 Å². The smallest absolute Gasteiger partial charge is 0.230 e. The van der Waals surface area contributed by atoms with Gasteiger partial charge in [0.15, 0.2) is 0 Å². The molecule has 21 heavy (non-hydrogen) atoms. The summed E-state index contributed by atoms with van der Waals surface area (Å²) in [6, 6.07) is 8.28. The Morgan fingerprint density at radius 3 is 2.71 bits per heavy atom. The number of amides is 1. The Labute approximate surface area is 134 Å². The first-order chi connectivity index (χ1) is 9.54. The van der Waals surface area contributed by atoms with Crippen LogP contribution in [0.25, 0.3) is 0 Å². The van der Waals surface area contributed by atoms with E-state index in [1.54, 1.807) is 0 Å². The number of nitrogens with zero attached hydrogens (tertiary/aromatic N) is 1. The number of nitrogens with two attached hydrogens (primary N) is 1. The van der Waals surface area contributed by atoms with Gasteiger partial charge in [0.2, 0.25) is 5.91 Å². The van der Waals surface area contributed by atoms with Gasteiger partial charge >= 0.3 is 0 Å². The van der Waals surface area contributed by atoms with Gasteiger partial charge < -0.3 is 10.6 Å². The highest BCUT2D eigenvalue weighted by Crippen LogP contribution is 2.33. The molecular formula is C17H27ClN2O. The van der Waals surface area contributed by atoms with Crippen LogP contribution in [-0.4, -0.2) is 19.5 Å². The molecule has 1 saturated carbocycles. The fourth-order valence-corrected chi connectivity index (χ4v) is 3.11. The van der Waals surface area contributed by atoms with Crippen molar-refractivity contribution in [1.82, 2.24) is 0 Å². The SMILES string of the molecule is CC(C)c1cccc(N(C)C(=O)[C@@H]2CCC[C@@H]2CN)c1.Cl. The lowest BCUT2D eigenvalue weighted by Gasteiger charge is -2.25. The van der Waals surface area contributed by atoms with Crippen LogP contribution < -0.4 is 10.6 Å². The predicted molar refractivity (Wildman–Crippen MR) is 91.1 cm³/mol. The van der Waals surface area contributed by atoms with Crippen LogP contribution in [0.1, 0.15) is 44.6 Å². The molecule has 0 radical (unpaired) electrons. The van der Waals surface area contributed by atoms with Gasteiger partial charge in [-0.2, -0.15) is 0 Å². The van der Waals surface area contributed by atoms with E-state index in [0.29, 0.717) is 18.4 Å². The Morgan fingerprint density at radius 1 is 1.38 bits per heavy atom. The summed E-state index contributed by atoms with van der Waals surface area (Å²) in [6.07, 6.45) is 3.19. The number of hydrogen-bond donors (Lipinski definition) is 1. The van der Waals surface area contributed by atoms with E-state index in [1.165, 1.54) is 5.56 Å². The topological polar surface area (TPSA) is 46.3 Å². The van der Waals surface area contributed by atoms with Crippen molar-refractivity contribution in [3.8, 4) is 0 Å². The molecule has 118 valence electrons. The highest BCUT2D eigenvalue weighted by atomic mass is 35.5. The molecule has 2 rings (SSSR count). The van der Waals surface area contributed by atoms with E-state index in [-0.39, 0.29) is 24.2 Å². The molecule has 1 fully saturated rings. The van der Waals surface area contributed by atoms with Crippen LogP contribution >= 0.6 is 12.4 Å². The molecule has 0 aromatic heterocycles. The van der Waals surface area contributed by atoms with Crippen molar-refractivity contribution < 1.29 is 4.79 Å². The molecule has 0 unspecified atom stereocenters. The zero-order valence-electron chi connectivity index (χ0n) is 13.2. The van der Waals surface area contributed by atoms with Gasteiger partial charge in [-0.15, -0.1) is 12.4 Å². The van der Waals surface area contributed by atoms with Crippen molar-refractivity contribution in [2.45, 2.75) is 39.0 Å². The van der Waals surface area contributed by atoms with Crippen LogP contribution in [0.15, 0.2) is 24.3 Å². The van der Waals surface area contributed by atoms with E-state index in [9.17, 15) is 4.79 Å². The summed E-state index contributed by atoms with van der Waals surface area (Å²) in [4.78, 5) is 14.5. The zero-order valence-corrected chi connectivity index (χ0v) is 14.0. The van der Waals surface area contributed by atoms with E-state index in [0.717, 1.165) is 24.9 Å². The second-order valence-corrected chi connectivity index (χ2v) is 6.18.